The van der Waals surface area contributed by atoms with Crippen molar-refractivity contribution in [2.24, 2.45) is 5.41 Å². The van der Waals surface area contributed by atoms with Gasteiger partial charge in [-0.05, 0) is 38.0 Å². The van der Waals surface area contributed by atoms with Crippen molar-refractivity contribution in [2.75, 3.05) is 26.9 Å². The van der Waals surface area contributed by atoms with Crippen LogP contribution in [-0.4, -0.2) is 55.6 Å². The predicted octanol–water partition coefficient (Wildman–Crippen LogP) is 2.67. The molecule has 3 atom stereocenters. The highest BCUT2D eigenvalue weighted by Gasteiger charge is 2.49. The lowest BCUT2D eigenvalue weighted by Crippen LogP contribution is -2.52. The standard InChI is InChI=1S/C21H32O6/c1-5-6-15(2)21(3,20-25-11-12-26-20)19(18(23)13-22)27-14-16-7-9-17(24-4)10-8-16/h6-10,18-20,22-23H,5,11-14H2,1-4H3/b15-6+/t18-,19+,21+/m1/s1. The third-order valence-electron chi connectivity index (χ3n) is 5.19. The Balaban J connectivity index is 2.27. The van der Waals surface area contributed by atoms with Gasteiger partial charge in [-0.15, -0.1) is 0 Å². The van der Waals surface area contributed by atoms with E-state index in [1.807, 2.05) is 38.1 Å². The van der Waals surface area contributed by atoms with Crippen LogP contribution in [0.2, 0.25) is 0 Å². The van der Waals surface area contributed by atoms with E-state index in [9.17, 15) is 10.2 Å². The van der Waals surface area contributed by atoms with Crippen molar-refractivity contribution in [1.29, 1.82) is 0 Å². The van der Waals surface area contributed by atoms with Crippen LogP contribution < -0.4 is 4.74 Å². The first-order valence-corrected chi connectivity index (χ1v) is 9.41. The van der Waals surface area contributed by atoms with Gasteiger partial charge >= 0.3 is 0 Å². The molecule has 0 spiro atoms. The molecule has 1 aliphatic rings. The van der Waals surface area contributed by atoms with E-state index in [1.54, 1.807) is 7.11 Å². The van der Waals surface area contributed by atoms with E-state index >= 15 is 0 Å². The van der Waals surface area contributed by atoms with Gasteiger partial charge in [0.05, 0.1) is 45.1 Å². The van der Waals surface area contributed by atoms with E-state index in [1.165, 1.54) is 0 Å². The summed E-state index contributed by atoms with van der Waals surface area (Å²) in [6.45, 7) is 6.88. The SMILES string of the molecule is CC/C=C(\C)[C@](C)(C1OCCO1)[C@@H](OCc1ccc(OC)cc1)[C@H](O)CO. The minimum absolute atomic E-state index is 0.285. The molecular formula is C21H32O6. The van der Waals surface area contributed by atoms with Crippen molar-refractivity contribution in [3.8, 4) is 5.75 Å². The number of allylic oxidation sites excluding steroid dienone is 1. The second kappa shape index (κ2) is 10.2. The molecule has 0 aromatic heterocycles. The van der Waals surface area contributed by atoms with Gasteiger partial charge in [0.1, 0.15) is 11.9 Å². The molecule has 0 amide bonds. The van der Waals surface area contributed by atoms with Gasteiger partial charge in [-0.2, -0.15) is 0 Å². The molecule has 1 heterocycles. The Morgan fingerprint density at radius 3 is 2.44 bits per heavy atom. The molecule has 0 unspecified atom stereocenters. The van der Waals surface area contributed by atoms with Gasteiger partial charge in [0.15, 0.2) is 6.29 Å². The van der Waals surface area contributed by atoms with Gasteiger partial charge in [0.25, 0.3) is 0 Å². The van der Waals surface area contributed by atoms with Crippen LogP contribution >= 0.6 is 0 Å². The number of benzene rings is 1. The number of hydrogen-bond donors (Lipinski definition) is 2. The minimum Gasteiger partial charge on any atom is -0.497 e. The summed E-state index contributed by atoms with van der Waals surface area (Å²) in [5.41, 5.74) is 1.21. The summed E-state index contributed by atoms with van der Waals surface area (Å²) < 4.78 is 22.9. The maximum absolute atomic E-state index is 10.6. The highest BCUT2D eigenvalue weighted by atomic mass is 16.7. The Morgan fingerprint density at radius 2 is 1.93 bits per heavy atom. The predicted molar refractivity (Wildman–Crippen MR) is 103 cm³/mol. The van der Waals surface area contributed by atoms with E-state index in [0.29, 0.717) is 13.2 Å². The van der Waals surface area contributed by atoms with Crippen LogP contribution in [0.25, 0.3) is 0 Å². The smallest absolute Gasteiger partial charge is 0.169 e. The molecule has 6 nitrogen and oxygen atoms in total. The van der Waals surface area contributed by atoms with Crippen molar-refractivity contribution in [2.45, 2.75) is 52.3 Å². The lowest BCUT2D eigenvalue weighted by atomic mass is 9.74. The zero-order chi connectivity index (χ0) is 19.9. The molecule has 1 aromatic carbocycles. The number of methoxy groups -OCH3 is 1. The highest BCUT2D eigenvalue weighted by molar-refractivity contribution is 5.27. The number of ether oxygens (including phenoxy) is 4. The van der Waals surface area contributed by atoms with Crippen LogP contribution in [0.5, 0.6) is 5.75 Å². The van der Waals surface area contributed by atoms with E-state index in [4.69, 9.17) is 18.9 Å². The average molecular weight is 380 g/mol. The number of hydrogen-bond acceptors (Lipinski definition) is 6. The molecule has 0 bridgehead atoms. The van der Waals surface area contributed by atoms with E-state index in [2.05, 4.69) is 13.0 Å². The fourth-order valence-corrected chi connectivity index (χ4v) is 3.46. The largest absolute Gasteiger partial charge is 0.497 e. The lowest BCUT2D eigenvalue weighted by Gasteiger charge is -2.43. The highest BCUT2D eigenvalue weighted by Crippen LogP contribution is 2.42. The Hall–Kier alpha value is -1.44. The fraction of sp³-hybridized carbons (Fsp3) is 0.619. The van der Waals surface area contributed by atoms with Crippen LogP contribution in [0.1, 0.15) is 32.8 Å². The minimum atomic E-state index is -1.07. The average Bonchev–Trinajstić information content (AvgIpc) is 3.23. The fourth-order valence-electron chi connectivity index (χ4n) is 3.46. The summed E-state index contributed by atoms with van der Waals surface area (Å²) in [6.07, 6.45) is 0.618. The topological polar surface area (TPSA) is 77.4 Å². The molecule has 0 radical (unpaired) electrons. The number of rotatable bonds is 10. The Kier molecular flexibility index (Phi) is 8.26. The summed E-state index contributed by atoms with van der Waals surface area (Å²) in [5.74, 6) is 0.769. The van der Waals surface area contributed by atoms with Crippen LogP contribution in [0.15, 0.2) is 35.9 Å². The van der Waals surface area contributed by atoms with Crippen LogP contribution in [0.3, 0.4) is 0 Å². The van der Waals surface area contributed by atoms with Crippen LogP contribution in [0, 0.1) is 5.41 Å². The molecular weight excluding hydrogens is 348 g/mol. The summed E-state index contributed by atoms with van der Waals surface area (Å²) in [5, 5.41) is 20.2. The molecule has 1 aromatic rings. The first-order valence-electron chi connectivity index (χ1n) is 9.41. The van der Waals surface area contributed by atoms with Crippen molar-refractivity contribution in [1.82, 2.24) is 0 Å². The number of aliphatic hydroxyl groups excluding tert-OH is 2. The van der Waals surface area contributed by atoms with Crippen LogP contribution in [0.4, 0.5) is 0 Å². The summed E-state index contributed by atoms with van der Waals surface area (Å²) in [6, 6.07) is 7.55. The quantitative estimate of drug-likeness (QED) is 0.608. The second-order valence-corrected chi connectivity index (χ2v) is 6.98. The molecule has 1 saturated heterocycles. The summed E-state index contributed by atoms with van der Waals surface area (Å²) >= 11 is 0. The van der Waals surface area contributed by atoms with Gasteiger partial charge in [-0.3, -0.25) is 0 Å². The first kappa shape index (κ1) is 21.9. The monoisotopic (exact) mass is 380 g/mol. The molecule has 1 fully saturated rings. The Morgan fingerprint density at radius 1 is 1.30 bits per heavy atom. The van der Waals surface area contributed by atoms with Gasteiger partial charge in [-0.1, -0.05) is 30.7 Å². The van der Waals surface area contributed by atoms with Gasteiger partial charge < -0.3 is 29.2 Å². The molecule has 2 rings (SSSR count). The van der Waals surface area contributed by atoms with Crippen LogP contribution in [-0.2, 0) is 20.8 Å². The zero-order valence-corrected chi connectivity index (χ0v) is 16.7. The number of aliphatic hydroxyl groups is 2. The second-order valence-electron chi connectivity index (χ2n) is 6.98. The zero-order valence-electron chi connectivity index (χ0n) is 16.7. The molecule has 152 valence electrons. The molecule has 0 aliphatic carbocycles. The van der Waals surface area contributed by atoms with Crippen molar-refractivity contribution >= 4 is 0 Å². The van der Waals surface area contributed by atoms with Crippen molar-refractivity contribution in [3.05, 3.63) is 41.5 Å². The lowest BCUT2D eigenvalue weighted by molar-refractivity contribution is -0.196. The molecule has 6 heteroatoms. The normalized spacial score (nSPS) is 20.3. The van der Waals surface area contributed by atoms with Gasteiger partial charge in [-0.25, -0.2) is 0 Å². The van der Waals surface area contributed by atoms with Crippen molar-refractivity contribution in [3.63, 3.8) is 0 Å². The molecule has 1 aliphatic heterocycles. The summed E-state index contributed by atoms with van der Waals surface area (Å²) in [7, 11) is 1.62. The van der Waals surface area contributed by atoms with E-state index in [0.717, 1.165) is 23.3 Å². The van der Waals surface area contributed by atoms with E-state index < -0.39 is 30.5 Å². The first-order chi connectivity index (χ1) is 13.0. The maximum atomic E-state index is 10.6. The molecule has 0 saturated carbocycles. The Bertz CT molecular complexity index is 593. The summed E-state index contributed by atoms with van der Waals surface area (Å²) in [4.78, 5) is 0. The third-order valence-corrected chi connectivity index (χ3v) is 5.19. The van der Waals surface area contributed by atoms with Crippen molar-refractivity contribution < 1.29 is 29.2 Å². The maximum Gasteiger partial charge on any atom is 0.169 e. The Labute approximate surface area is 161 Å². The molecule has 2 N–H and O–H groups in total. The molecule has 27 heavy (non-hydrogen) atoms. The van der Waals surface area contributed by atoms with Gasteiger partial charge in [0.2, 0.25) is 0 Å². The third kappa shape index (κ3) is 5.09. The van der Waals surface area contributed by atoms with E-state index in [-0.39, 0.29) is 6.61 Å². The van der Waals surface area contributed by atoms with Gasteiger partial charge in [0, 0.05) is 0 Å².